The summed E-state index contributed by atoms with van der Waals surface area (Å²) in [7, 11) is 0. The second kappa shape index (κ2) is 26.9. The summed E-state index contributed by atoms with van der Waals surface area (Å²) in [6.07, 6.45) is 30.8. The van der Waals surface area contributed by atoms with Crippen LogP contribution in [0.4, 0.5) is 0 Å². The second-order valence-electron chi connectivity index (χ2n) is 14.8. The summed E-state index contributed by atoms with van der Waals surface area (Å²) in [6, 6.07) is 3.51. The number of phenolic OH excluding ortho intramolecular Hbond substituents is 1. The van der Waals surface area contributed by atoms with Crippen molar-refractivity contribution in [2.75, 3.05) is 0 Å². The van der Waals surface area contributed by atoms with Crippen LogP contribution in [0.25, 0.3) is 0 Å². The molecule has 6 heteroatoms. The number of carbonyl (C=O) groups is 1. The maximum Gasteiger partial charge on any atom is 0.311 e. The highest BCUT2D eigenvalue weighted by atomic mass is 16.5. The molecule has 0 aliphatic rings. The SMILES string of the molecule is CCCCCCCC/C=C\CCCCCCCC(=O)Oc1cc(C)c(O)c(C/C=C(\C)CC/C=C(\C)CC/C=C(\O)CC[C@@H](O)C(C)(C)O)c1. The second-order valence-corrected chi connectivity index (χ2v) is 14.8. The van der Waals surface area contributed by atoms with Crippen LogP contribution in [0.5, 0.6) is 11.5 Å². The number of carbonyl (C=O) groups excluding carboxylic acids is 1. The molecule has 0 saturated carbocycles. The molecule has 1 rings (SSSR count). The number of aliphatic hydroxyl groups is 3. The summed E-state index contributed by atoms with van der Waals surface area (Å²) >= 11 is 0. The minimum Gasteiger partial charge on any atom is -0.513 e. The van der Waals surface area contributed by atoms with Crippen LogP contribution < -0.4 is 4.74 Å². The Balaban J connectivity index is 2.34. The number of ether oxygens (including phenoxy) is 1. The van der Waals surface area contributed by atoms with Crippen LogP contribution in [0.1, 0.15) is 174 Å². The largest absolute Gasteiger partial charge is 0.513 e. The van der Waals surface area contributed by atoms with Crippen molar-refractivity contribution in [1.82, 2.24) is 0 Å². The van der Waals surface area contributed by atoms with E-state index in [-0.39, 0.29) is 17.5 Å². The fraction of sp³-hybridized carbons (Fsp3) is 0.659. The Labute approximate surface area is 305 Å². The molecular formula is C44H72O6. The first-order chi connectivity index (χ1) is 23.8. The summed E-state index contributed by atoms with van der Waals surface area (Å²) in [5.74, 6) is 0.761. The van der Waals surface area contributed by atoms with Crippen molar-refractivity contribution in [3.63, 3.8) is 0 Å². The number of hydrogen-bond donors (Lipinski definition) is 4. The Morgan fingerprint density at radius 3 is 1.96 bits per heavy atom. The van der Waals surface area contributed by atoms with Gasteiger partial charge in [0.25, 0.3) is 0 Å². The predicted molar refractivity (Wildman–Crippen MR) is 210 cm³/mol. The third-order valence-electron chi connectivity index (χ3n) is 9.34. The number of phenols is 1. The van der Waals surface area contributed by atoms with E-state index in [2.05, 4.69) is 45.1 Å². The van der Waals surface area contributed by atoms with E-state index in [1.807, 2.05) is 6.92 Å². The molecule has 0 saturated heterocycles. The molecule has 0 spiro atoms. The van der Waals surface area contributed by atoms with Gasteiger partial charge in [0, 0.05) is 18.4 Å². The molecule has 4 N–H and O–H groups in total. The van der Waals surface area contributed by atoms with E-state index in [1.54, 1.807) is 32.1 Å². The van der Waals surface area contributed by atoms with Crippen LogP contribution >= 0.6 is 0 Å². The summed E-state index contributed by atoms with van der Waals surface area (Å²) in [5, 5.41) is 40.5. The Kier molecular flexibility index (Phi) is 24.3. The molecule has 1 aromatic carbocycles. The van der Waals surface area contributed by atoms with Gasteiger partial charge in [0.05, 0.1) is 17.5 Å². The van der Waals surface area contributed by atoms with E-state index >= 15 is 0 Å². The number of esters is 1. The molecular weight excluding hydrogens is 624 g/mol. The Hall–Kier alpha value is -2.83. The number of aromatic hydroxyl groups is 1. The molecule has 0 aliphatic heterocycles. The number of aryl methyl sites for hydroxylation is 1. The van der Waals surface area contributed by atoms with Crippen molar-refractivity contribution in [1.29, 1.82) is 0 Å². The van der Waals surface area contributed by atoms with Gasteiger partial charge in [-0.25, -0.2) is 0 Å². The van der Waals surface area contributed by atoms with Gasteiger partial charge in [-0.3, -0.25) is 4.79 Å². The van der Waals surface area contributed by atoms with Crippen molar-refractivity contribution in [3.05, 3.63) is 70.5 Å². The zero-order valence-electron chi connectivity index (χ0n) is 32.6. The number of hydrogen-bond acceptors (Lipinski definition) is 6. The van der Waals surface area contributed by atoms with Gasteiger partial charge in [-0.2, -0.15) is 0 Å². The number of benzene rings is 1. The van der Waals surface area contributed by atoms with Gasteiger partial charge in [-0.15, -0.1) is 0 Å². The van der Waals surface area contributed by atoms with Gasteiger partial charge < -0.3 is 25.2 Å². The number of unbranched alkanes of at least 4 members (excludes halogenated alkanes) is 11. The quantitative estimate of drug-likeness (QED) is 0.0228. The van der Waals surface area contributed by atoms with E-state index in [0.717, 1.165) is 56.9 Å². The minimum atomic E-state index is -1.17. The summed E-state index contributed by atoms with van der Waals surface area (Å²) < 4.78 is 5.66. The number of allylic oxidation sites excluding steroid dienone is 8. The molecule has 284 valence electrons. The molecule has 1 aromatic rings. The highest BCUT2D eigenvalue weighted by molar-refractivity contribution is 5.72. The van der Waals surface area contributed by atoms with E-state index < -0.39 is 11.7 Å². The average Bonchev–Trinajstić information content (AvgIpc) is 3.05. The topological polar surface area (TPSA) is 107 Å². The minimum absolute atomic E-state index is 0.220. The molecule has 1 atom stereocenters. The smallest absolute Gasteiger partial charge is 0.311 e. The molecule has 0 unspecified atom stereocenters. The van der Waals surface area contributed by atoms with Gasteiger partial charge >= 0.3 is 5.97 Å². The van der Waals surface area contributed by atoms with Gasteiger partial charge in [0.1, 0.15) is 11.5 Å². The lowest BCUT2D eigenvalue weighted by Gasteiger charge is -2.24. The third kappa shape index (κ3) is 22.8. The normalized spacial score (nSPS) is 13.7. The molecule has 0 heterocycles. The van der Waals surface area contributed by atoms with Crippen molar-refractivity contribution >= 4 is 5.97 Å². The molecule has 0 aromatic heterocycles. The van der Waals surface area contributed by atoms with Crippen molar-refractivity contribution < 1.29 is 30.0 Å². The molecule has 0 fully saturated rings. The van der Waals surface area contributed by atoms with Crippen molar-refractivity contribution in [2.45, 2.75) is 188 Å². The molecule has 50 heavy (non-hydrogen) atoms. The Morgan fingerprint density at radius 2 is 1.34 bits per heavy atom. The fourth-order valence-corrected chi connectivity index (χ4v) is 5.79. The van der Waals surface area contributed by atoms with Crippen LogP contribution in [0.3, 0.4) is 0 Å². The monoisotopic (exact) mass is 697 g/mol. The number of aliphatic hydroxyl groups excluding tert-OH is 2. The third-order valence-corrected chi connectivity index (χ3v) is 9.34. The van der Waals surface area contributed by atoms with Crippen molar-refractivity contribution in [3.8, 4) is 11.5 Å². The van der Waals surface area contributed by atoms with Crippen LogP contribution in [0, 0.1) is 6.92 Å². The summed E-state index contributed by atoms with van der Waals surface area (Å²) in [5.41, 5.74) is 2.75. The van der Waals surface area contributed by atoms with Gasteiger partial charge in [0.15, 0.2) is 0 Å². The lowest BCUT2D eigenvalue weighted by molar-refractivity contribution is -0.134. The predicted octanol–water partition coefficient (Wildman–Crippen LogP) is 12.0. The first-order valence-electron chi connectivity index (χ1n) is 19.6. The lowest BCUT2D eigenvalue weighted by Crippen LogP contribution is -2.35. The van der Waals surface area contributed by atoms with Gasteiger partial charge in [0.2, 0.25) is 0 Å². The van der Waals surface area contributed by atoms with Crippen molar-refractivity contribution in [2.24, 2.45) is 0 Å². The summed E-state index contributed by atoms with van der Waals surface area (Å²) in [6.45, 7) is 11.4. The molecule has 0 radical (unpaired) electrons. The highest BCUT2D eigenvalue weighted by Crippen LogP contribution is 2.29. The standard InChI is InChI=1S/C44H72O6/c1-7-8-9-10-11-12-13-14-15-16-17-18-19-20-21-28-42(47)50-40-33-37(4)43(48)38(34-40)30-29-36(3)25-22-24-35(2)26-23-27-39(45)31-32-41(46)44(5,6)49/h14-15,24,27,29,33-34,41,45-46,48-49H,7-13,16-23,25-26,28,30-32H2,1-6H3/b15-14-,35-24+,36-29+,39-27-/t41-/m1/s1. The maximum atomic E-state index is 12.5. The molecule has 6 nitrogen and oxygen atoms in total. The first kappa shape index (κ1) is 45.2. The van der Waals surface area contributed by atoms with Crippen LogP contribution in [0.2, 0.25) is 0 Å². The molecule has 0 bridgehead atoms. The van der Waals surface area contributed by atoms with E-state index in [0.29, 0.717) is 37.0 Å². The maximum absolute atomic E-state index is 12.5. The lowest BCUT2D eigenvalue weighted by atomic mass is 9.97. The molecule has 0 amide bonds. The average molecular weight is 697 g/mol. The zero-order valence-corrected chi connectivity index (χ0v) is 32.6. The van der Waals surface area contributed by atoms with E-state index in [4.69, 9.17) is 4.74 Å². The zero-order chi connectivity index (χ0) is 37.2. The van der Waals surface area contributed by atoms with Crippen LogP contribution in [0.15, 0.2) is 59.4 Å². The summed E-state index contributed by atoms with van der Waals surface area (Å²) in [4.78, 5) is 12.5. The highest BCUT2D eigenvalue weighted by Gasteiger charge is 2.24. The van der Waals surface area contributed by atoms with Gasteiger partial charge in [-0.05, 0) is 129 Å². The Morgan fingerprint density at radius 1 is 0.780 bits per heavy atom. The van der Waals surface area contributed by atoms with Crippen LogP contribution in [-0.2, 0) is 11.2 Å². The van der Waals surface area contributed by atoms with Crippen LogP contribution in [-0.4, -0.2) is 38.1 Å². The van der Waals surface area contributed by atoms with Gasteiger partial charge in [-0.1, -0.05) is 93.7 Å². The molecule has 0 aliphatic carbocycles. The Bertz CT molecular complexity index is 1200. The van der Waals surface area contributed by atoms with E-state index in [1.165, 1.54) is 68.9 Å². The first-order valence-corrected chi connectivity index (χ1v) is 19.6. The number of rotatable bonds is 28. The van der Waals surface area contributed by atoms with E-state index in [9.17, 15) is 25.2 Å². The fourth-order valence-electron chi connectivity index (χ4n) is 5.79.